The monoisotopic (exact) mass is 267 g/mol. The van der Waals surface area contributed by atoms with Crippen LogP contribution in [0, 0.1) is 0 Å². The molecule has 2 N–H and O–H groups in total. The molecule has 0 bridgehead atoms. The first-order valence-corrected chi connectivity index (χ1v) is 7.96. The van der Waals surface area contributed by atoms with E-state index in [1.54, 1.807) is 0 Å². The molecule has 1 amide bonds. The van der Waals surface area contributed by atoms with Gasteiger partial charge < -0.3 is 10.6 Å². The highest BCUT2D eigenvalue weighted by Crippen LogP contribution is 2.22. The van der Waals surface area contributed by atoms with Gasteiger partial charge in [0.05, 0.1) is 6.54 Å². The van der Waals surface area contributed by atoms with E-state index in [0.29, 0.717) is 31.1 Å². The minimum Gasteiger partial charge on any atom is -0.342 e. The number of nitrogens with zero attached hydrogens (tertiary/aromatic N) is 2. The Bertz CT molecular complexity index is 287. The predicted octanol–water partition coefficient (Wildman–Crippen LogP) is 1.59. The number of nitrogens with two attached hydrogens (primary N) is 1. The Morgan fingerprint density at radius 1 is 1.11 bits per heavy atom. The lowest BCUT2D eigenvalue weighted by atomic mass is 9.96. The second-order valence-corrected chi connectivity index (χ2v) is 6.14. The Labute approximate surface area is 117 Å². The summed E-state index contributed by atoms with van der Waals surface area (Å²) in [6.07, 6.45) is 8.48. The summed E-state index contributed by atoms with van der Waals surface area (Å²) in [5.41, 5.74) is 5.87. The largest absolute Gasteiger partial charge is 0.342 e. The van der Waals surface area contributed by atoms with Crippen molar-refractivity contribution in [1.29, 1.82) is 0 Å². The van der Waals surface area contributed by atoms with Crippen LogP contribution < -0.4 is 5.73 Å². The number of carbonyl (C=O) groups is 1. The van der Waals surface area contributed by atoms with Crippen molar-refractivity contribution in [3.8, 4) is 0 Å². The molecule has 0 radical (unpaired) electrons. The van der Waals surface area contributed by atoms with Gasteiger partial charge in [0.2, 0.25) is 5.91 Å². The van der Waals surface area contributed by atoms with Gasteiger partial charge in [-0.3, -0.25) is 9.69 Å². The van der Waals surface area contributed by atoms with E-state index in [1.807, 2.05) is 0 Å². The molecule has 0 aliphatic carbocycles. The third-order valence-corrected chi connectivity index (χ3v) is 4.74. The van der Waals surface area contributed by atoms with Gasteiger partial charge in [0, 0.05) is 31.7 Å². The summed E-state index contributed by atoms with van der Waals surface area (Å²) in [5.74, 6) is 0.314. The molecule has 0 aromatic rings. The fraction of sp³-hybridized carbons (Fsp3) is 0.933. The van der Waals surface area contributed by atoms with Crippen LogP contribution in [0.3, 0.4) is 0 Å². The number of likely N-dealkylation sites (tertiary alicyclic amines) is 2. The molecule has 2 unspecified atom stereocenters. The van der Waals surface area contributed by atoms with Crippen molar-refractivity contribution in [2.24, 2.45) is 5.73 Å². The minimum absolute atomic E-state index is 0.314. The van der Waals surface area contributed by atoms with E-state index in [1.165, 1.54) is 38.5 Å². The molecule has 110 valence electrons. The molecule has 2 aliphatic heterocycles. The standard InChI is InChI=1S/C15H29N3O/c1-13-7-6-8-14(11-16)18(13)12-15(19)17-9-4-2-3-5-10-17/h13-14H,2-12,16H2,1H3. The first kappa shape index (κ1) is 14.8. The fourth-order valence-corrected chi connectivity index (χ4v) is 3.45. The summed E-state index contributed by atoms with van der Waals surface area (Å²) in [4.78, 5) is 16.9. The third kappa shape index (κ3) is 3.93. The molecular formula is C15H29N3O. The van der Waals surface area contributed by atoms with E-state index >= 15 is 0 Å². The highest BCUT2D eigenvalue weighted by atomic mass is 16.2. The fourth-order valence-electron chi connectivity index (χ4n) is 3.45. The Morgan fingerprint density at radius 2 is 1.79 bits per heavy atom. The molecule has 2 aliphatic rings. The topological polar surface area (TPSA) is 49.6 Å². The molecule has 2 atom stereocenters. The van der Waals surface area contributed by atoms with Gasteiger partial charge in [0.1, 0.15) is 0 Å². The van der Waals surface area contributed by atoms with Gasteiger partial charge >= 0.3 is 0 Å². The molecule has 2 heterocycles. The number of piperidine rings is 1. The average Bonchev–Trinajstić information content (AvgIpc) is 2.70. The van der Waals surface area contributed by atoms with Crippen molar-refractivity contribution < 1.29 is 4.79 Å². The average molecular weight is 267 g/mol. The van der Waals surface area contributed by atoms with E-state index in [0.717, 1.165) is 19.5 Å². The van der Waals surface area contributed by atoms with Crippen LogP contribution in [0.5, 0.6) is 0 Å². The molecule has 0 aromatic heterocycles. The highest BCUT2D eigenvalue weighted by molar-refractivity contribution is 5.78. The number of hydrogen-bond acceptors (Lipinski definition) is 3. The molecule has 0 aromatic carbocycles. The SMILES string of the molecule is CC1CCCC(CN)N1CC(=O)N1CCCCCC1. The second kappa shape index (κ2) is 7.25. The molecular weight excluding hydrogens is 238 g/mol. The number of carbonyl (C=O) groups excluding carboxylic acids is 1. The zero-order valence-electron chi connectivity index (χ0n) is 12.3. The number of rotatable bonds is 3. The summed E-state index contributed by atoms with van der Waals surface area (Å²) in [5, 5.41) is 0. The lowest BCUT2D eigenvalue weighted by molar-refractivity contribution is -0.134. The van der Waals surface area contributed by atoms with E-state index in [4.69, 9.17) is 5.73 Å². The maximum Gasteiger partial charge on any atom is 0.236 e. The van der Waals surface area contributed by atoms with Gasteiger partial charge in [-0.15, -0.1) is 0 Å². The lowest BCUT2D eigenvalue weighted by Crippen LogP contribution is -2.53. The molecule has 4 nitrogen and oxygen atoms in total. The summed E-state index contributed by atoms with van der Waals surface area (Å²) in [7, 11) is 0. The summed E-state index contributed by atoms with van der Waals surface area (Å²) in [6, 6.07) is 0.901. The molecule has 4 heteroatoms. The van der Waals surface area contributed by atoms with Gasteiger partial charge in [0.15, 0.2) is 0 Å². The van der Waals surface area contributed by atoms with E-state index in [2.05, 4.69) is 16.7 Å². The summed E-state index contributed by atoms with van der Waals surface area (Å²) in [6.45, 7) is 5.39. The van der Waals surface area contributed by atoms with E-state index < -0.39 is 0 Å². The Morgan fingerprint density at radius 3 is 2.42 bits per heavy atom. The first-order chi connectivity index (χ1) is 9.22. The van der Waals surface area contributed by atoms with Crippen LogP contribution in [0.4, 0.5) is 0 Å². The van der Waals surface area contributed by atoms with Crippen LogP contribution in [0.15, 0.2) is 0 Å². The van der Waals surface area contributed by atoms with Crippen molar-refractivity contribution in [3.63, 3.8) is 0 Å². The van der Waals surface area contributed by atoms with Crippen LogP contribution in [-0.2, 0) is 4.79 Å². The maximum atomic E-state index is 12.5. The Hall–Kier alpha value is -0.610. The maximum absolute atomic E-state index is 12.5. The first-order valence-electron chi connectivity index (χ1n) is 7.96. The molecule has 0 spiro atoms. The van der Waals surface area contributed by atoms with Crippen molar-refractivity contribution in [1.82, 2.24) is 9.80 Å². The number of amides is 1. The van der Waals surface area contributed by atoms with E-state index in [9.17, 15) is 4.79 Å². The van der Waals surface area contributed by atoms with Crippen LogP contribution in [0.25, 0.3) is 0 Å². The van der Waals surface area contributed by atoms with Crippen molar-refractivity contribution in [2.45, 2.75) is 64.0 Å². The predicted molar refractivity (Wildman–Crippen MR) is 77.9 cm³/mol. The van der Waals surface area contributed by atoms with Gasteiger partial charge in [-0.25, -0.2) is 0 Å². The third-order valence-electron chi connectivity index (χ3n) is 4.74. The quantitative estimate of drug-likeness (QED) is 0.845. The smallest absolute Gasteiger partial charge is 0.236 e. The summed E-state index contributed by atoms with van der Waals surface area (Å²) >= 11 is 0. The number of hydrogen-bond donors (Lipinski definition) is 1. The zero-order chi connectivity index (χ0) is 13.7. The highest BCUT2D eigenvalue weighted by Gasteiger charge is 2.29. The normalized spacial score (nSPS) is 30.1. The lowest BCUT2D eigenvalue weighted by Gasteiger charge is -2.40. The van der Waals surface area contributed by atoms with Crippen LogP contribution in [-0.4, -0.2) is 54.0 Å². The zero-order valence-corrected chi connectivity index (χ0v) is 12.3. The Balaban J connectivity index is 1.91. The Kier molecular flexibility index (Phi) is 5.64. The molecule has 0 saturated carbocycles. The second-order valence-electron chi connectivity index (χ2n) is 6.14. The van der Waals surface area contributed by atoms with Crippen LogP contribution >= 0.6 is 0 Å². The van der Waals surface area contributed by atoms with Gasteiger partial charge in [0.25, 0.3) is 0 Å². The molecule has 19 heavy (non-hydrogen) atoms. The van der Waals surface area contributed by atoms with E-state index in [-0.39, 0.29) is 0 Å². The van der Waals surface area contributed by atoms with Gasteiger partial charge in [-0.05, 0) is 32.6 Å². The summed E-state index contributed by atoms with van der Waals surface area (Å²) < 4.78 is 0. The van der Waals surface area contributed by atoms with Gasteiger partial charge in [-0.1, -0.05) is 19.3 Å². The molecule has 2 rings (SSSR count). The van der Waals surface area contributed by atoms with Crippen molar-refractivity contribution in [2.75, 3.05) is 26.2 Å². The van der Waals surface area contributed by atoms with Crippen LogP contribution in [0.2, 0.25) is 0 Å². The van der Waals surface area contributed by atoms with Gasteiger partial charge in [-0.2, -0.15) is 0 Å². The van der Waals surface area contributed by atoms with Crippen molar-refractivity contribution in [3.05, 3.63) is 0 Å². The van der Waals surface area contributed by atoms with Crippen LogP contribution in [0.1, 0.15) is 51.9 Å². The molecule has 2 saturated heterocycles. The minimum atomic E-state index is 0.314. The molecule has 2 fully saturated rings. The van der Waals surface area contributed by atoms with Crippen molar-refractivity contribution >= 4 is 5.91 Å².